The molecule has 0 saturated carbocycles. The molecule has 5 aromatic rings. The van der Waals surface area contributed by atoms with E-state index in [1.807, 2.05) is 24.3 Å². The minimum absolute atomic E-state index is 0.0229. The van der Waals surface area contributed by atoms with Gasteiger partial charge in [0.2, 0.25) is 11.7 Å². The number of amides is 2. The van der Waals surface area contributed by atoms with Gasteiger partial charge in [0.05, 0.1) is 17.6 Å². The van der Waals surface area contributed by atoms with Gasteiger partial charge in [0.15, 0.2) is 11.7 Å². The van der Waals surface area contributed by atoms with Crippen LogP contribution in [0.15, 0.2) is 72.8 Å². The summed E-state index contributed by atoms with van der Waals surface area (Å²) in [4.78, 5) is 51.1. The fourth-order valence-electron chi connectivity index (χ4n) is 4.12. The quantitative estimate of drug-likeness (QED) is 0.170. The molecule has 2 amide bonds. The SMILES string of the molecule is CC(C(N)=O)N(c1ccc(F)cc1)c1nc(N)c(C(=O)c2ccc(OCC(=O)NCc3nc4ccccc4[nH]3)cc2)s1. The number of benzene rings is 3. The fraction of sp³-hybridized carbons (Fsp3) is 0.138. The predicted octanol–water partition coefficient (Wildman–Crippen LogP) is 3.68. The van der Waals surface area contributed by atoms with Gasteiger partial charge in [-0.1, -0.05) is 23.5 Å². The van der Waals surface area contributed by atoms with E-state index in [0.29, 0.717) is 22.8 Å². The van der Waals surface area contributed by atoms with Gasteiger partial charge in [-0.25, -0.2) is 14.4 Å². The van der Waals surface area contributed by atoms with Crippen LogP contribution >= 0.6 is 11.3 Å². The van der Waals surface area contributed by atoms with Crippen LogP contribution < -0.4 is 26.4 Å². The van der Waals surface area contributed by atoms with E-state index in [4.69, 9.17) is 16.2 Å². The van der Waals surface area contributed by atoms with Gasteiger partial charge in [-0.05, 0) is 67.6 Å². The molecule has 11 nitrogen and oxygen atoms in total. The first-order chi connectivity index (χ1) is 20.2. The number of nitrogens with two attached hydrogens (primary N) is 2. The summed E-state index contributed by atoms with van der Waals surface area (Å²) in [5.41, 5.74) is 14.1. The monoisotopic (exact) mass is 587 g/mol. The molecule has 0 radical (unpaired) electrons. The third-order valence-corrected chi connectivity index (χ3v) is 7.41. The molecular formula is C29H26FN7O4S. The Morgan fingerprint density at radius 2 is 1.76 bits per heavy atom. The molecule has 0 aliphatic heterocycles. The van der Waals surface area contributed by atoms with Gasteiger partial charge in [0.25, 0.3) is 5.91 Å². The summed E-state index contributed by atoms with van der Waals surface area (Å²) in [7, 11) is 0. The van der Waals surface area contributed by atoms with E-state index in [9.17, 15) is 18.8 Å². The van der Waals surface area contributed by atoms with E-state index in [0.717, 1.165) is 22.4 Å². The zero-order valence-corrected chi connectivity index (χ0v) is 23.2. The molecule has 214 valence electrons. The molecule has 6 N–H and O–H groups in total. The number of aromatic amines is 1. The van der Waals surface area contributed by atoms with Crippen molar-refractivity contribution in [2.75, 3.05) is 17.2 Å². The Morgan fingerprint density at radius 3 is 2.45 bits per heavy atom. The number of aromatic nitrogens is 3. The highest BCUT2D eigenvalue weighted by Crippen LogP contribution is 2.36. The smallest absolute Gasteiger partial charge is 0.258 e. The van der Waals surface area contributed by atoms with Crippen LogP contribution in [0.1, 0.15) is 28.0 Å². The number of carbonyl (C=O) groups is 3. The molecule has 13 heteroatoms. The van der Waals surface area contributed by atoms with Crippen LogP contribution in [0.5, 0.6) is 5.75 Å². The van der Waals surface area contributed by atoms with E-state index in [2.05, 4.69) is 20.3 Å². The number of nitrogens with one attached hydrogen (secondary N) is 2. The molecule has 0 aliphatic carbocycles. The standard InChI is InChI=1S/C29H26FN7O4S/c1-16(28(32)40)37(19-10-8-18(30)9-11-19)29-36-27(31)26(42-29)25(39)17-6-12-20(13-7-17)41-15-24(38)33-14-23-34-21-4-2-3-5-22(21)35-23/h2-13,16H,14-15,31H2,1H3,(H2,32,40)(H,33,38)(H,34,35). The highest BCUT2D eigenvalue weighted by molar-refractivity contribution is 7.18. The number of hydrogen-bond acceptors (Lipinski definition) is 9. The number of H-pyrrole nitrogens is 1. The number of rotatable bonds is 11. The first-order valence-electron chi connectivity index (χ1n) is 12.8. The average Bonchev–Trinajstić information content (AvgIpc) is 3.58. The van der Waals surface area contributed by atoms with Crippen molar-refractivity contribution >= 4 is 56.6 Å². The maximum Gasteiger partial charge on any atom is 0.258 e. The van der Waals surface area contributed by atoms with Crippen molar-refractivity contribution in [2.45, 2.75) is 19.5 Å². The summed E-state index contributed by atoms with van der Waals surface area (Å²) in [5, 5.41) is 3.00. The van der Waals surface area contributed by atoms with E-state index in [1.165, 1.54) is 29.2 Å². The molecule has 2 heterocycles. The van der Waals surface area contributed by atoms with Crippen LogP contribution in [0.25, 0.3) is 11.0 Å². The molecule has 0 saturated heterocycles. The van der Waals surface area contributed by atoms with E-state index >= 15 is 0 Å². The Balaban J connectivity index is 1.22. The normalized spacial score (nSPS) is 11.7. The van der Waals surface area contributed by atoms with Crippen LogP contribution in [0, 0.1) is 5.82 Å². The summed E-state index contributed by atoms with van der Waals surface area (Å²) in [6.45, 7) is 1.57. The largest absolute Gasteiger partial charge is 0.484 e. The zero-order valence-electron chi connectivity index (χ0n) is 22.3. The molecule has 0 aliphatic rings. The lowest BCUT2D eigenvalue weighted by Gasteiger charge is -2.26. The molecule has 0 bridgehead atoms. The van der Waals surface area contributed by atoms with Gasteiger partial charge in [0, 0.05) is 11.3 Å². The third kappa shape index (κ3) is 6.20. The number of hydrogen-bond donors (Lipinski definition) is 4. The number of ether oxygens (including phenoxy) is 1. The topological polar surface area (TPSA) is 169 Å². The number of imidazole rings is 1. The predicted molar refractivity (Wildman–Crippen MR) is 157 cm³/mol. The second-order valence-electron chi connectivity index (χ2n) is 9.26. The number of thiazole rings is 1. The summed E-state index contributed by atoms with van der Waals surface area (Å²) in [6.07, 6.45) is 0. The minimum atomic E-state index is -0.851. The van der Waals surface area contributed by atoms with Crippen molar-refractivity contribution in [1.82, 2.24) is 20.3 Å². The lowest BCUT2D eigenvalue weighted by atomic mass is 10.1. The number of nitrogens with zero attached hydrogens (tertiary/aromatic N) is 3. The molecule has 1 atom stereocenters. The summed E-state index contributed by atoms with van der Waals surface area (Å²) >= 11 is 0.985. The van der Waals surface area contributed by atoms with Crippen LogP contribution in [-0.4, -0.2) is 45.2 Å². The summed E-state index contributed by atoms with van der Waals surface area (Å²) in [6, 6.07) is 18.4. The second kappa shape index (κ2) is 12.1. The first-order valence-corrected chi connectivity index (χ1v) is 13.6. The number of primary amides is 1. The third-order valence-electron chi connectivity index (χ3n) is 6.34. The molecule has 42 heavy (non-hydrogen) atoms. The number of fused-ring (bicyclic) bond motifs is 1. The highest BCUT2D eigenvalue weighted by Gasteiger charge is 2.27. The number of nitrogen functional groups attached to an aromatic ring is 1. The van der Waals surface area contributed by atoms with Gasteiger partial charge in [-0.15, -0.1) is 0 Å². The van der Waals surface area contributed by atoms with Crippen molar-refractivity contribution in [3.05, 3.63) is 94.9 Å². The Hall–Kier alpha value is -5.30. The molecule has 3 aromatic carbocycles. The molecule has 0 fully saturated rings. The van der Waals surface area contributed by atoms with Crippen molar-refractivity contribution in [3.8, 4) is 5.75 Å². The number of ketones is 1. The molecule has 5 rings (SSSR count). The summed E-state index contributed by atoms with van der Waals surface area (Å²) in [5.74, 6) is -0.821. The lowest BCUT2D eigenvalue weighted by Crippen LogP contribution is -2.39. The van der Waals surface area contributed by atoms with Crippen molar-refractivity contribution < 1.29 is 23.5 Å². The Kier molecular flexibility index (Phi) is 8.11. The van der Waals surface area contributed by atoms with Crippen molar-refractivity contribution in [2.24, 2.45) is 5.73 Å². The number of anilines is 3. The van der Waals surface area contributed by atoms with Gasteiger partial charge in [0.1, 0.15) is 34.1 Å². The van der Waals surface area contributed by atoms with E-state index in [-0.39, 0.29) is 34.9 Å². The van der Waals surface area contributed by atoms with Gasteiger partial charge >= 0.3 is 0 Å². The second-order valence-corrected chi connectivity index (χ2v) is 10.2. The van der Waals surface area contributed by atoms with Crippen LogP contribution in [-0.2, 0) is 16.1 Å². The number of carbonyl (C=O) groups excluding carboxylic acids is 3. The Bertz CT molecular complexity index is 1720. The average molecular weight is 588 g/mol. The molecular weight excluding hydrogens is 561 g/mol. The zero-order chi connectivity index (χ0) is 29.8. The van der Waals surface area contributed by atoms with Crippen molar-refractivity contribution in [3.63, 3.8) is 0 Å². The Labute approximate surface area is 243 Å². The maximum atomic E-state index is 13.5. The Morgan fingerprint density at radius 1 is 1.05 bits per heavy atom. The lowest BCUT2D eigenvalue weighted by molar-refractivity contribution is -0.123. The van der Waals surface area contributed by atoms with E-state index < -0.39 is 23.5 Å². The molecule has 1 unspecified atom stereocenters. The molecule has 2 aromatic heterocycles. The first kappa shape index (κ1) is 28.2. The van der Waals surface area contributed by atoms with Crippen molar-refractivity contribution in [1.29, 1.82) is 0 Å². The minimum Gasteiger partial charge on any atom is -0.484 e. The highest BCUT2D eigenvalue weighted by atomic mass is 32.1. The number of halogens is 1. The fourth-order valence-corrected chi connectivity index (χ4v) is 5.17. The van der Waals surface area contributed by atoms with Gasteiger partial charge < -0.3 is 31.4 Å². The van der Waals surface area contributed by atoms with Crippen LogP contribution in [0.2, 0.25) is 0 Å². The number of para-hydroxylation sites is 2. The van der Waals surface area contributed by atoms with Gasteiger partial charge in [-0.2, -0.15) is 0 Å². The van der Waals surface area contributed by atoms with Gasteiger partial charge in [-0.3, -0.25) is 14.4 Å². The molecule has 0 spiro atoms. The maximum absolute atomic E-state index is 13.5. The van der Waals surface area contributed by atoms with E-state index in [1.54, 1.807) is 31.2 Å². The van der Waals surface area contributed by atoms with Crippen LogP contribution in [0.4, 0.5) is 21.0 Å². The summed E-state index contributed by atoms with van der Waals surface area (Å²) < 4.78 is 19.1. The van der Waals surface area contributed by atoms with Crippen LogP contribution in [0.3, 0.4) is 0 Å².